The van der Waals surface area contributed by atoms with Crippen molar-refractivity contribution in [1.82, 2.24) is 0 Å². The van der Waals surface area contributed by atoms with E-state index in [2.05, 4.69) is 0 Å². The van der Waals surface area contributed by atoms with E-state index >= 15 is 0 Å². The SMILES string of the molecule is NC(=O)c1ccc(Cl)c(Cl)c1-c1ccc(Cl)c(Cl)c1. The van der Waals surface area contributed by atoms with Gasteiger partial charge in [-0.1, -0.05) is 52.5 Å². The predicted octanol–water partition coefficient (Wildman–Crippen LogP) is 5.07. The molecule has 98 valence electrons. The minimum atomic E-state index is -0.598. The second-order valence-corrected chi connectivity index (χ2v) is 5.38. The van der Waals surface area contributed by atoms with E-state index in [1.54, 1.807) is 18.2 Å². The highest BCUT2D eigenvalue weighted by atomic mass is 35.5. The third-order valence-corrected chi connectivity index (χ3v) is 4.11. The van der Waals surface area contributed by atoms with Crippen molar-refractivity contribution in [1.29, 1.82) is 0 Å². The molecule has 0 heterocycles. The van der Waals surface area contributed by atoms with Gasteiger partial charge in [-0.2, -0.15) is 0 Å². The molecule has 0 aliphatic carbocycles. The van der Waals surface area contributed by atoms with Gasteiger partial charge in [-0.25, -0.2) is 0 Å². The molecule has 0 fully saturated rings. The maximum Gasteiger partial charge on any atom is 0.249 e. The molecule has 0 unspecified atom stereocenters. The van der Waals surface area contributed by atoms with Crippen LogP contribution in [0, 0.1) is 0 Å². The first-order valence-electron chi connectivity index (χ1n) is 5.15. The molecule has 0 spiro atoms. The van der Waals surface area contributed by atoms with E-state index in [4.69, 9.17) is 52.1 Å². The summed E-state index contributed by atoms with van der Waals surface area (Å²) in [5.41, 5.74) is 6.68. The molecule has 0 atom stereocenters. The lowest BCUT2D eigenvalue weighted by atomic mass is 9.99. The quantitative estimate of drug-likeness (QED) is 0.818. The maximum atomic E-state index is 11.5. The number of amides is 1. The zero-order valence-electron chi connectivity index (χ0n) is 9.38. The molecule has 0 saturated heterocycles. The van der Waals surface area contributed by atoms with E-state index in [9.17, 15) is 4.79 Å². The van der Waals surface area contributed by atoms with Gasteiger partial charge in [-0.05, 0) is 29.8 Å². The topological polar surface area (TPSA) is 43.1 Å². The molecule has 2 aromatic carbocycles. The highest BCUT2D eigenvalue weighted by Crippen LogP contribution is 2.38. The Morgan fingerprint density at radius 2 is 1.53 bits per heavy atom. The molecule has 2 N–H and O–H groups in total. The van der Waals surface area contributed by atoms with Crippen molar-refractivity contribution >= 4 is 52.3 Å². The van der Waals surface area contributed by atoms with Crippen molar-refractivity contribution in [2.75, 3.05) is 0 Å². The number of hydrogen-bond acceptors (Lipinski definition) is 1. The Balaban J connectivity index is 2.75. The molecule has 0 radical (unpaired) electrons. The van der Waals surface area contributed by atoms with Crippen LogP contribution in [-0.2, 0) is 0 Å². The first-order valence-corrected chi connectivity index (χ1v) is 6.66. The number of halogens is 4. The first kappa shape index (κ1) is 14.5. The van der Waals surface area contributed by atoms with Crippen LogP contribution in [0.1, 0.15) is 10.4 Å². The Hall–Kier alpha value is -0.930. The van der Waals surface area contributed by atoms with E-state index in [0.717, 1.165) is 0 Å². The van der Waals surface area contributed by atoms with Gasteiger partial charge in [0.15, 0.2) is 0 Å². The summed E-state index contributed by atoms with van der Waals surface area (Å²) < 4.78 is 0. The van der Waals surface area contributed by atoms with Crippen LogP contribution >= 0.6 is 46.4 Å². The second kappa shape index (κ2) is 5.59. The van der Waals surface area contributed by atoms with Crippen LogP contribution < -0.4 is 5.73 Å². The van der Waals surface area contributed by atoms with Crippen molar-refractivity contribution in [3.05, 3.63) is 56.0 Å². The normalized spacial score (nSPS) is 10.5. The molecule has 2 nitrogen and oxygen atoms in total. The van der Waals surface area contributed by atoms with Gasteiger partial charge in [0.2, 0.25) is 5.91 Å². The third kappa shape index (κ3) is 2.82. The molecule has 19 heavy (non-hydrogen) atoms. The lowest BCUT2D eigenvalue weighted by Gasteiger charge is -2.11. The van der Waals surface area contributed by atoms with Crippen LogP contribution in [0.4, 0.5) is 0 Å². The average Bonchev–Trinajstić information content (AvgIpc) is 2.35. The van der Waals surface area contributed by atoms with Crippen LogP contribution in [0.3, 0.4) is 0 Å². The van der Waals surface area contributed by atoms with E-state index in [-0.39, 0.29) is 10.6 Å². The molecular weight excluding hydrogens is 328 g/mol. The van der Waals surface area contributed by atoms with Gasteiger partial charge >= 0.3 is 0 Å². The number of primary amides is 1. The highest BCUT2D eigenvalue weighted by molar-refractivity contribution is 6.45. The summed E-state index contributed by atoms with van der Waals surface area (Å²) in [5.74, 6) is -0.598. The number of benzene rings is 2. The number of nitrogens with two attached hydrogens (primary N) is 1. The third-order valence-electron chi connectivity index (χ3n) is 2.57. The monoisotopic (exact) mass is 333 g/mol. The Morgan fingerprint density at radius 1 is 0.895 bits per heavy atom. The van der Waals surface area contributed by atoms with Crippen LogP contribution in [0.2, 0.25) is 20.1 Å². The summed E-state index contributed by atoms with van der Waals surface area (Å²) in [4.78, 5) is 11.5. The van der Waals surface area contributed by atoms with Crippen LogP contribution in [0.25, 0.3) is 11.1 Å². The molecule has 6 heteroatoms. The second-order valence-electron chi connectivity index (χ2n) is 3.78. The molecular formula is C13H7Cl4NO. The fourth-order valence-electron chi connectivity index (χ4n) is 1.69. The van der Waals surface area contributed by atoms with Crippen molar-refractivity contribution in [2.24, 2.45) is 5.73 Å². The smallest absolute Gasteiger partial charge is 0.249 e. The fraction of sp³-hybridized carbons (Fsp3) is 0. The van der Waals surface area contributed by atoms with Gasteiger partial charge in [0.05, 0.1) is 20.1 Å². The van der Waals surface area contributed by atoms with E-state index in [0.29, 0.717) is 26.2 Å². The van der Waals surface area contributed by atoms with Gasteiger partial charge < -0.3 is 5.73 Å². The summed E-state index contributed by atoms with van der Waals surface area (Å²) in [6.45, 7) is 0. The molecule has 0 aliphatic heterocycles. The van der Waals surface area contributed by atoms with Crippen LogP contribution in [-0.4, -0.2) is 5.91 Å². The number of hydrogen-bond donors (Lipinski definition) is 1. The lowest BCUT2D eigenvalue weighted by Crippen LogP contribution is -2.12. The summed E-state index contributed by atoms with van der Waals surface area (Å²) >= 11 is 23.9. The Labute approximate surface area is 130 Å². The van der Waals surface area contributed by atoms with Gasteiger partial charge in [0.1, 0.15) is 0 Å². The van der Waals surface area contributed by atoms with Gasteiger partial charge in [0.25, 0.3) is 0 Å². The summed E-state index contributed by atoms with van der Waals surface area (Å²) in [6.07, 6.45) is 0. The predicted molar refractivity (Wildman–Crippen MR) is 80.4 cm³/mol. The standard InChI is InChI=1S/C13H7Cl4NO/c14-8-3-1-6(5-10(8)16)11-7(13(18)19)2-4-9(15)12(11)17/h1-5H,(H2,18,19). The molecule has 0 saturated carbocycles. The minimum absolute atomic E-state index is 0.247. The van der Waals surface area contributed by atoms with Crippen molar-refractivity contribution in [3.8, 4) is 11.1 Å². The van der Waals surface area contributed by atoms with E-state index in [1.807, 2.05) is 0 Å². The zero-order chi connectivity index (χ0) is 14.2. The van der Waals surface area contributed by atoms with Crippen molar-refractivity contribution in [2.45, 2.75) is 0 Å². The number of rotatable bonds is 2. The zero-order valence-corrected chi connectivity index (χ0v) is 12.4. The summed E-state index contributed by atoms with van der Waals surface area (Å²) in [5, 5.41) is 1.33. The van der Waals surface area contributed by atoms with Crippen molar-refractivity contribution < 1.29 is 4.79 Å². The van der Waals surface area contributed by atoms with Crippen LogP contribution in [0.15, 0.2) is 30.3 Å². The van der Waals surface area contributed by atoms with Gasteiger partial charge in [-0.3, -0.25) is 4.79 Å². The first-order chi connectivity index (χ1) is 8.91. The number of carbonyl (C=O) groups is 1. The Morgan fingerprint density at radius 3 is 2.11 bits per heavy atom. The van der Waals surface area contributed by atoms with E-state index < -0.39 is 5.91 Å². The lowest BCUT2D eigenvalue weighted by molar-refractivity contribution is 0.100. The van der Waals surface area contributed by atoms with E-state index in [1.165, 1.54) is 12.1 Å². The summed E-state index contributed by atoms with van der Waals surface area (Å²) in [6, 6.07) is 7.95. The van der Waals surface area contributed by atoms with Crippen LogP contribution in [0.5, 0.6) is 0 Å². The molecule has 1 amide bonds. The Kier molecular flexibility index (Phi) is 4.26. The Bertz CT molecular complexity index is 670. The van der Waals surface area contributed by atoms with Crippen molar-refractivity contribution in [3.63, 3.8) is 0 Å². The minimum Gasteiger partial charge on any atom is -0.366 e. The summed E-state index contributed by atoms with van der Waals surface area (Å²) in [7, 11) is 0. The van der Waals surface area contributed by atoms with Gasteiger partial charge in [0, 0.05) is 11.1 Å². The average molecular weight is 335 g/mol. The fourth-order valence-corrected chi connectivity index (χ4v) is 2.42. The molecule has 2 rings (SSSR count). The number of carbonyl (C=O) groups excluding carboxylic acids is 1. The molecule has 0 aliphatic rings. The van der Waals surface area contributed by atoms with Gasteiger partial charge in [-0.15, -0.1) is 0 Å². The molecule has 2 aromatic rings. The molecule has 0 bridgehead atoms. The maximum absolute atomic E-state index is 11.5. The highest BCUT2D eigenvalue weighted by Gasteiger charge is 2.17. The molecule has 0 aromatic heterocycles. The largest absolute Gasteiger partial charge is 0.366 e.